The third-order valence-electron chi connectivity index (χ3n) is 2.90. The molecule has 0 unspecified atom stereocenters. The average Bonchev–Trinajstić information content (AvgIpc) is 2.50. The first kappa shape index (κ1) is 15.3. The maximum Gasteiger partial charge on any atom is 0.339 e. The molecule has 2 aromatic rings. The van der Waals surface area contributed by atoms with Crippen LogP contribution in [-0.2, 0) is 10.1 Å². The Morgan fingerprint density at radius 2 is 1.64 bits per heavy atom. The smallest absolute Gasteiger partial charge is 0.339 e. The molecule has 1 aliphatic rings. The molecule has 0 fully saturated rings. The van der Waals surface area contributed by atoms with E-state index in [1.807, 2.05) is 0 Å². The summed E-state index contributed by atoms with van der Waals surface area (Å²) in [5, 5.41) is 0.516. The van der Waals surface area contributed by atoms with Crippen LogP contribution in [0, 0.1) is 0 Å². The molecule has 3 rings (SSSR count). The van der Waals surface area contributed by atoms with Gasteiger partial charge in [-0.2, -0.15) is 8.42 Å². The zero-order chi connectivity index (χ0) is 15.7. The normalized spacial score (nSPS) is 13.7. The second-order valence-corrected chi connectivity index (χ2v) is 6.78. The first-order chi connectivity index (χ1) is 10.5. The van der Waals surface area contributed by atoms with Gasteiger partial charge in [0.05, 0.1) is 10.0 Å². The summed E-state index contributed by atoms with van der Waals surface area (Å²) in [6.07, 6.45) is 0. The summed E-state index contributed by atoms with van der Waals surface area (Å²) in [4.78, 5) is -0.0391. The molecule has 0 saturated heterocycles. The summed E-state index contributed by atoms with van der Waals surface area (Å²) in [5.41, 5.74) is 0. The van der Waals surface area contributed by atoms with Crippen molar-refractivity contribution in [2.45, 2.75) is 4.90 Å². The molecule has 0 bridgehead atoms. The summed E-state index contributed by atoms with van der Waals surface area (Å²) in [7, 11) is -4.01. The molecule has 1 aliphatic heterocycles. The maximum atomic E-state index is 12.3. The minimum absolute atomic E-state index is 0.0391. The Morgan fingerprint density at radius 1 is 0.909 bits per heavy atom. The molecule has 1 heterocycles. The van der Waals surface area contributed by atoms with Crippen molar-refractivity contribution in [2.24, 2.45) is 0 Å². The summed E-state index contributed by atoms with van der Waals surface area (Å²) in [5.74, 6) is 0.939. The molecule has 0 radical (unpaired) electrons. The first-order valence-electron chi connectivity index (χ1n) is 6.25. The highest BCUT2D eigenvalue weighted by Crippen LogP contribution is 2.33. The van der Waals surface area contributed by atoms with Gasteiger partial charge < -0.3 is 13.7 Å². The Balaban J connectivity index is 1.90. The lowest BCUT2D eigenvalue weighted by molar-refractivity contribution is 0.171. The quantitative estimate of drug-likeness (QED) is 0.783. The van der Waals surface area contributed by atoms with Gasteiger partial charge in [-0.05, 0) is 24.3 Å². The number of fused-ring (bicyclic) bond motifs is 1. The number of benzene rings is 2. The highest BCUT2D eigenvalue weighted by atomic mass is 35.5. The molecule has 22 heavy (non-hydrogen) atoms. The number of rotatable bonds is 3. The minimum Gasteiger partial charge on any atom is -0.486 e. The van der Waals surface area contributed by atoms with E-state index in [2.05, 4.69) is 0 Å². The second kappa shape index (κ2) is 5.87. The van der Waals surface area contributed by atoms with Crippen LogP contribution in [0.15, 0.2) is 41.3 Å². The van der Waals surface area contributed by atoms with Gasteiger partial charge in [-0.15, -0.1) is 0 Å². The van der Waals surface area contributed by atoms with Crippen molar-refractivity contribution in [1.29, 1.82) is 0 Å². The molecule has 0 saturated carbocycles. The third kappa shape index (κ3) is 3.09. The predicted molar refractivity (Wildman–Crippen MR) is 81.7 cm³/mol. The lowest BCUT2D eigenvalue weighted by Gasteiger charge is -2.18. The molecule has 116 valence electrons. The van der Waals surface area contributed by atoms with Gasteiger partial charge >= 0.3 is 10.1 Å². The standard InChI is InChI=1S/C14H10Cl2O5S/c15-11-3-1-9(7-12(11)16)21-22(17,18)10-2-4-13-14(8-10)20-6-5-19-13/h1-4,7-8H,5-6H2. The monoisotopic (exact) mass is 360 g/mol. The van der Waals surface area contributed by atoms with Crippen LogP contribution >= 0.6 is 23.2 Å². The topological polar surface area (TPSA) is 61.8 Å². The van der Waals surface area contributed by atoms with Crippen molar-refractivity contribution in [1.82, 2.24) is 0 Å². The van der Waals surface area contributed by atoms with Crippen LogP contribution in [0.25, 0.3) is 0 Å². The highest BCUT2D eigenvalue weighted by Gasteiger charge is 2.21. The lowest BCUT2D eigenvalue weighted by atomic mass is 10.3. The van der Waals surface area contributed by atoms with Crippen LogP contribution in [0.4, 0.5) is 0 Å². The van der Waals surface area contributed by atoms with Crippen LogP contribution in [0.1, 0.15) is 0 Å². The second-order valence-electron chi connectivity index (χ2n) is 4.42. The Kier molecular flexibility index (Phi) is 4.08. The van der Waals surface area contributed by atoms with Crippen LogP contribution in [-0.4, -0.2) is 21.6 Å². The zero-order valence-electron chi connectivity index (χ0n) is 11.1. The lowest BCUT2D eigenvalue weighted by Crippen LogP contribution is -2.16. The predicted octanol–water partition coefficient (Wildman–Crippen LogP) is 3.53. The minimum atomic E-state index is -4.01. The van der Waals surface area contributed by atoms with Crippen molar-refractivity contribution in [2.75, 3.05) is 13.2 Å². The number of hydrogen-bond acceptors (Lipinski definition) is 5. The SMILES string of the molecule is O=S(=O)(Oc1ccc(Cl)c(Cl)c1)c1ccc2c(c1)OCCO2. The Hall–Kier alpha value is -1.63. The Bertz CT molecular complexity index is 820. The van der Waals surface area contributed by atoms with Crippen molar-refractivity contribution >= 4 is 33.3 Å². The van der Waals surface area contributed by atoms with Crippen LogP contribution < -0.4 is 13.7 Å². The van der Waals surface area contributed by atoms with Crippen molar-refractivity contribution < 1.29 is 22.1 Å². The molecule has 0 aliphatic carbocycles. The molecule has 2 aromatic carbocycles. The van der Waals surface area contributed by atoms with Crippen molar-refractivity contribution in [3.05, 3.63) is 46.4 Å². The molecule has 0 atom stereocenters. The number of ether oxygens (including phenoxy) is 2. The summed E-state index contributed by atoms with van der Waals surface area (Å²) in [6, 6.07) is 8.49. The summed E-state index contributed by atoms with van der Waals surface area (Å²) >= 11 is 11.6. The third-order valence-corrected chi connectivity index (χ3v) is 4.88. The van der Waals surface area contributed by atoms with Gasteiger partial charge in [-0.25, -0.2) is 0 Å². The van der Waals surface area contributed by atoms with E-state index in [9.17, 15) is 8.42 Å². The Labute approximate surface area is 137 Å². The largest absolute Gasteiger partial charge is 0.486 e. The molecule has 5 nitrogen and oxygen atoms in total. The fourth-order valence-corrected chi connectivity index (χ4v) is 3.11. The van der Waals surface area contributed by atoms with Gasteiger partial charge in [-0.1, -0.05) is 23.2 Å². The van der Waals surface area contributed by atoms with Crippen molar-refractivity contribution in [3.63, 3.8) is 0 Å². The molecule has 0 aromatic heterocycles. The Morgan fingerprint density at radius 3 is 2.36 bits per heavy atom. The summed E-state index contributed by atoms with van der Waals surface area (Å²) in [6.45, 7) is 0.795. The van der Waals surface area contributed by atoms with Crippen LogP contribution in [0.5, 0.6) is 17.2 Å². The summed E-state index contributed by atoms with van der Waals surface area (Å²) < 4.78 is 40.3. The number of hydrogen-bond donors (Lipinski definition) is 0. The van der Waals surface area contributed by atoms with E-state index in [0.717, 1.165) is 0 Å². The van der Waals surface area contributed by atoms with Gasteiger partial charge in [-0.3, -0.25) is 0 Å². The molecule has 8 heteroatoms. The average molecular weight is 361 g/mol. The first-order valence-corrected chi connectivity index (χ1v) is 8.41. The molecule has 0 spiro atoms. The molecule has 0 amide bonds. The number of halogens is 2. The molecular formula is C14H10Cl2O5S. The molecular weight excluding hydrogens is 351 g/mol. The van der Waals surface area contributed by atoms with E-state index in [-0.39, 0.29) is 15.7 Å². The van der Waals surface area contributed by atoms with E-state index in [1.54, 1.807) is 0 Å². The van der Waals surface area contributed by atoms with E-state index >= 15 is 0 Å². The van der Waals surface area contributed by atoms with Gasteiger partial charge in [0, 0.05) is 12.1 Å². The van der Waals surface area contributed by atoms with Crippen molar-refractivity contribution in [3.8, 4) is 17.2 Å². The highest BCUT2D eigenvalue weighted by molar-refractivity contribution is 7.87. The van der Waals surface area contributed by atoms with E-state index in [1.165, 1.54) is 36.4 Å². The fraction of sp³-hybridized carbons (Fsp3) is 0.143. The van der Waals surface area contributed by atoms with Crippen LogP contribution in [0.3, 0.4) is 0 Å². The fourth-order valence-electron chi connectivity index (χ4n) is 1.88. The zero-order valence-corrected chi connectivity index (χ0v) is 13.4. The van der Waals surface area contributed by atoms with E-state index < -0.39 is 10.1 Å². The van der Waals surface area contributed by atoms with Crippen LogP contribution in [0.2, 0.25) is 10.0 Å². The van der Waals surface area contributed by atoms with Gasteiger partial charge in [0.2, 0.25) is 0 Å². The van der Waals surface area contributed by atoms with Gasteiger partial charge in [0.15, 0.2) is 11.5 Å². The molecule has 0 N–H and O–H groups in total. The van der Waals surface area contributed by atoms with E-state index in [0.29, 0.717) is 29.7 Å². The van der Waals surface area contributed by atoms with Gasteiger partial charge in [0.25, 0.3) is 0 Å². The van der Waals surface area contributed by atoms with Gasteiger partial charge in [0.1, 0.15) is 23.9 Å². The maximum absolute atomic E-state index is 12.3. The van der Waals surface area contributed by atoms with E-state index in [4.69, 9.17) is 36.9 Å².